The summed E-state index contributed by atoms with van der Waals surface area (Å²) in [5.74, 6) is -0.772. The van der Waals surface area contributed by atoms with Crippen LogP contribution >= 0.6 is 0 Å². The maximum Gasteiger partial charge on any atom is 0.374 e. The summed E-state index contributed by atoms with van der Waals surface area (Å²) in [6.45, 7) is 5.10. The molecular formula is C22H23NO5. The minimum atomic E-state index is -0.641. The predicted molar refractivity (Wildman–Crippen MR) is 104 cm³/mol. The van der Waals surface area contributed by atoms with Gasteiger partial charge in [0.05, 0.1) is 6.10 Å². The molecule has 3 heterocycles. The summed E-state index contributed by atoms with van der Waals surface area (Å²) in [5.41, 5.74) is 3.06. The van der Waals surface area contributed by atoms with Gasteiger partial charge in [0.1, 0.15) is 5.58 Å². The van der Waals surface area contributed by atoms with Gasteiger partial charge in [-0.15, -0.1) is 0 Å². The Morgan fingerprint density at radius 2 is 2.04 bits per heavy atom. The molecule has 146 valence electrons. The van der Waals surface area contributed by atoms with Crippen LogP contribution in [0.25, 0.3) is 11.0 Å². The average Bonchev–Trinajstić information content (AvgIpc) is 3.41. The quantitative estimate of drug-likeness (QED) is 0.475. The molecule has 6 nitrogen and oxygen atoms in total. The fourth-order valence-corrected chi connectivity index (χ4v) is 3.72. The first-order chi connectivity index (χ1) is 13.5. The third-order valence-electron chi connectivity index (χ3n) is 5.25. The minimum absolute atomic E-state index is 0.0952. The summed E-state index contributed by atoms with van der Waals surface area (Å²) in [6.07, 6.45) is 2.31. The van der Waals surface area contributed by atoms with E-state index >= 15 is 0 Å². The van der Waals surface area contributed by atoms with Gasteiger partial charge >= 0.3 is 5.97 Å². The number of fused-ring (bicyclic) bond motifs is 1. The summed E-state index contributed by atoms with van der Waals surface area (Å²) < 4.78 is 18.5. The van der Waals surface area contributed by atoms with Crippen LogP contribution in [-0.2, 0) is 16.0 Å². The van der Waals surface area contributed by atoms with E-state index in [1.807, 2.05) is 38.1 Å². The molecule has 0 N–H and O–H groups in total. The lowest BCUT2D eigenvalue weighted by atomic mass is 10.1. The number of hydrogen-bond donors (Lipinski definition) is 0. The molecule has 2 aromatic heterocycles. The molecule has 0 spiro atoms. The number of esters is 1. The molecule has 0 amide bonds. The molecule has 0 radical (unpaired) electrons. The van der Waals surface area contributed by atoms with Crippen molar-refractivity contribution in [2.24, 2.45) is 0 Å². The van der Waals surface area contributed by atoms with Gasteiger partial charge in [0.25, 0.3) is 0 Å². The third-order valence-corrected chi connectivity index (χ3v) is 5.25. The van der Waals surface area contributed by atoms with Crippen LogP contribution in [-0.4, -0.2) is 35.6 Å². The Balaban J connectivity index is 1.42. The molecule has 0 aliphatic carbocycles. The van der Waals surface area contributed by atoms with E-state index in [9.17, 15) is 9.59 Å². The lowest BCUT2D eigenvalue weighted by molar-refractivity contribution is 0.0446. The molecule has 1 aliphatic rings. The number of nitrogens with zero attached hydrogens (tertiary/aromatic N) is 1. The number of hydrogen-bond acceptors (Lipinski definition) is 5. The number of aryl methyl sites for hydroxylation is 1. The van der Waals surface area contributed by atoms with Crippen molar-refractivity contribution in [3.05, 3.63) is 59.1 Å². The molecule has 28 heavy (non-hydrogen) atoms. The molecule has 0 unspecified atom stereocenters. The number of aromatic nitrogens is 1. The standard InChI is InChI=1S/C22H23NO5/c1-14-10-18(15(2)23(14)12-17-7-5-9-26-17)19(24)13-27-22(25)21-11-16-6-3-4-8-20(16)28-21/h3-4,6,8,10-11,17H,5,7,9,12-13H2,1-2H3/t17-/m1/s1. The zero-order chi connectivity index (χ0) is 19.7. The van der Waals surface area contributed by atoms with E-state index in [1.54, 1.807) is 12.1 Å². The second kappa shape index (κ2) is 7.64. The minimum Gasteiger partial charge on any atom is -0.451 e. The van der Waals surface area contributed by atoms with E-state index in [1.165, 1.54) is 0 Å². The van der Waals surface area contributed by atoms with Crippen LogP contribution in [0.5, 0.6) is 0 Å². The van der Waals surface area contributed by atoms with Crippen molar-refractivity contribution < 1.29 is 23.5 Å². The highest BCUT2D eigenvalue weighted by atomic mass is 16.5. The van der Waals surface area contributed by atoms with Crippen molar-refractivity contribution in [2.45, 2.75) is 39.3 Å². The summed E-state index contributed by atoms with van der Waals surface area (Å²) in [5, 5.41) is 0.818. The van der Waals surface area contributed by atoms with Crippen molar-refractivity contribution in [1.82, 2.24) is 4.57 Å². The van der Waals surface area contributed by atoms with Crippen molar-refractivity contribution in [2.75, 3.05) is 13.2 Å². The normalized spacial score (nSPS) is 16.6. The van der Waals surface area contributed by atoms with Crippen LogP contribution < -0.4 is 0 Å². The first-order valence-corrected chi connectivity index (χ1v) is 9.50. The molecule has 3 aromatic rings. The molecule has 1 atom stereocenters. The number of carbonyl (C=O) groups is 2. The first-order valence-electron chi connectivity index (χ1n) is 9.50. The second-order valence-electron chi connectivity index (χ2n) is 7.18. The smallest absolute Gasteiger partial charge is 0.374 e. The lowest BCUT2D eigenvalue weighted by Crippen LogP contribution is -2.18. The molecule has 4 rings (SSSR count). The molecular weight excluding hydrogens is 358 g/mol. The van der Waals surface area contributed by atoms with Crippen molar-refractivity contribution in [3.8, 4) is 0 Å². The van der Waals surface area contributed by atoms with Crippen molar-refractivity contribution in [1.29, 1.82) is 0 Å². The molecule has 1 aliphatic heterocycles. The fraction of sp³-hybridized carbons (Fsp3) is 0.364. The van der Waals surface area contributed by atoms with E-state index < -0.39 is 5.97 Å². The zero-order valence-electron chi connectivity index (χ0n) is 16.1. The average molecular weight is 381 g/mol. The Morgan fingerprint density at radius 3 is 2.79 bits per heavy atom. The Labute approximate surface area is 163 Å². The van der Waals surface area contributed by atoms with Gasteiger partial charge in [-0.2, -0.15) is 0 Å². The Bertz CT molecular complexity index is 990. The van der Waals surface area contributed by atoms with Crippen LogP contribution in [0.1, 0.15) is 45.1 Å². The maximum absolute atomic E-state index is 12.6. The largest absolute Gasteiger partial charge is 0.451 e. The van der Waals surface area contributed by atoms with E-state index in [0.29, 0.717) is 11.1 Å². The van der Waals surface area contributed by atoms with Crippen LogP contribution in [0.3, 0.4) is 0 Å². The zero-order valence-corrected chi connectivity index (χ0v) is 16.1. The predicted octanol–water partition coefficient (Wildman–Crippen LogP) is 4.07. The Morgan fingerprint density at radius 1 is 1.21 bits per heavy atom. The molecule has 1 saturated heterocycles. The summed E-state index contributed by atoms with van der Waals surface area (Å²) >= 11 is 0. The number of rotatable bonds is 6. The monoisotopic (exact) mass is 381 g/mol. The maximum atomic E-state index is 12.6. The number of ether oxygens (including phenoxy) is 2. The number of benzene rings is 1. The van der Waals surface area contributed by atoms with Crippen LogP contribution in [0, 0.1) is 13.8 Å². The Hall–Kier alpha value is -2.86. The van der Waals surface area contributed by atoms with Crippen molar-refractivity contribution >= 4 is 22.7 Å². The van der Waals surface area contributed by atoms with E-state index in [4.69, 9.17) is 13.9 Å². The van der Waals surface area contributed by atoms with Crippen LogP contribution in [0.2, 0.25) is 0 Å². The van der Waals surface area contributed by atoms with Gasteiger partial charge < -0.3 is 18.5 Å². The first kappa shape index (κ1) is 18.5. The fourth-order valence-electron chi connectivity index (χ4n) is 3.72. The van der Waals surface area contributed by atoms with Gasteiger partial charge in [0.15, 0.2) is 6.61 Å². The van der Waals surface area contributed by atoms with Gasteiger partial charge in [-0.3, -0.25) is 4.79 Å². The van der Waals surface area contributed by atoms with Crippen molar-refractivity contribution in [3.63, 3.8) is 0 Å². The number of carbonyl (C=O) groups excluding carboxylic acids is 2. The van der Waals surface area contributed by atoms with Gasteiger partial charge in [0.2, 0.25) is 11.5 Å². The van der Waals surface area contributed by atoms with Crippen LogP contribution in [0.4, 0.5) is 0 Å². The van der Waals surface area contributed by atoms with E-state index in [0.717, 1.165) is 42.8 Å². The van der Waals surface area contributed by atoms with Gasteiger partial charge in [0, 0.05) is 35.5 Å². The van der Waals surface area contributed by atoms with Crippen LogP contribution in [0.15, 0.2) is 40.8 Å². The van der Waals surface area contributed by atoms with Gasteiger partial charge in [-0.25, -0.2) is 4.79 Å². The highest BCUT2D eigenvalue weighted by Crippen LogP contribution is 2.22. The number of Topliss-reactive ketones (excluding diaryl/α,β-unsaturated/α-hetero) is 1. The number of para-hydroxylation sites is 1. The molecule has 0 saturated carbocycles. The highest BCUT2D eigenvalue weighted by molar-refractivity contribution is 6.00. The van der Waals surface area contributed by atoms with Gasteiger partial charge in [-0.05, 0) is 44.9 Å². The SMILES string of the molecule is Cc1cc(C(=O)COC(=O)c2cc3ccccc3o2)c(C)n1C[C@H]1CCCO1. The summed E-state index contributed by atoms with van der Waals surface area (Å²) in [7, 11) is 0. The molecule has 0 bridgehead atoms. The summed E-state index contributed by atoms with van der Waals surface area (Å²) in [4.78, 5) is 24.9. The van der Waals surface area contributed by atoms with Gasteiger partial charge in [-0.1, -0.05) is 18.2 Å². The molecule has 1 fully saturated rings. The second-order valence-corrected chi connectivity index (χ2v) is 7.18. The summed E-state index contributed by atoms with van der Waals surface area (Å²) in [6, 6.07) is 10.8. The lowest BCUT2D eigenvalue weighted by Gasteiger charge is -2.14. The van der Waals surface area contributed by atoms with E-state index in [-0.39, 0.29) is 24.3 Å². The molecule has 6 heteroatoms. The Kier molecular flexibility index (Phi) is 5.05. The highest BCUT2D eigenvalue weighted by Gasteiger charge is 2.22. The third kappa shape index (κ3) is 3.60. The number of ketones is 1. The molecule has 1 aromatic carbocycles. The van der Waals surface area contributed by atoms with E-state index in [2.05, 4.69) is 4.57 Å². The number of furan rings is 1. The topological polar surface area (TPSA) is 70.7 Å².